The molecule has 1 amide bonds. The summed E-state index contributed by atoms with van der Waals surface area (Å²) in [5.74, 6) is 0. The van der Waals surface area contributed by atoms with Crippen molar-refractivity contribution in [1.29, 1.82) is 0 Å². The van der Waals surface area contributed by atoms with E-state index >= 15 is 0 Å². The van der Waals surface area contributed by atoms with Crippen molar-refractivity contribution in [2.45, 2.75) is 13.0 Å². The highest BCUT2D eigenvalue weighted by molar-refractivity contribution is 7.20. The number of hydrogen-bond acceptors (Lipinski definition) is 4. The van der Waals surface area contributed by atoms with Crippen molar-refractivity contribution in [3.63, 3.8) is 0 Å². The highest BCUT2D eigenvalue weighted by Gasteiger charge is 2.13. The molecule has 0 aliphatic heterocycles. The molecule has 4 nitrogen and oxygen atoms in total. The van der Waals surface area contributed by atoms with Gasteiger partial charge in [-0.05, 0) is 31.2 Å². The molecule has 0 aliphatic carbocycles. The van der Waals surface area contributed by atoms with E-state index in [2.05, 4.69) is 15.4 Å². The molecule has 1 atom stereocenters. The molecule has 2 aromatic rings. The third kappa shape index (κ3) is 4.27. The first-order valence-corrected chi connectivity index (χ1v) is 7.73. The van der Waals surface area contributed by atoms with E-state index in [9.17, 15) is 4.79 Å². The minimum absolute atomic E-state index is 0.00498. The summed E-state index contributed by atoms with van der Waals surface area (Å²) >= 11 is 13.4. The largest absolute Gasteiger partial charge is 0.453 e. The Balaban J connectivity index is 2.10. The van der Waals surface area contributed by atoms with Gasteiger partial charge in [0.25, 0.3) is 0 Å². The Labute approximate surface area is 137 Å². The molecular formula is C14H14Cl2N2O2S. The van der Waals surface area contributed by atoms with E-state index in [-0.39, 0.29) is 6.04 Å². The van der Waals surface area contributed by atoms with Gasteiger partial charge in [0.1, 0.15) is 0 Å². The number of thiophene rings is 1. The molecular weight excluding hydrogens is 331 g/mol. The Hall–Kier alpha value is -1.43. The van der Waals surface area contributed by atoms with Crippen LogP contribution in [0.25, 0.3) is 0 Å². The van der Waals surface area contributed by atoms with Crippen molar-refractivity contribution in [2.75, 3.05) is 17.7 Å². The summed E-state index contributed by atoms with van der Waals surface area (Å²) in [6.45, 7) is 1.99. The highest BCUT2D eigenvalue weighted by atomic mass is 35.5. The summed E-state index contributed by atoms with van der Waals surface area (Å²) in [5, 5.41) is 5.93. The third-order valence-corrected chi connectivity index (χ3v) is 4.35. The van der Waals surface area contributed by atoms with Gasteiger partial charge in [-0.25, -0.2) is 4.79 Å². The number of nitrogens with one attached hydrogen (secondary N) is 2. The molecule has 0 radical (unpaired) electrons. The molecule has 2 rings (SSSR count). The summed E-state index contributed by atoms with van der Waals surface area (Å²) < 4.78 is 5.89. The Bertz CT molecular complexity index is 646. The van der Waals surface area contributed by atoms with Crippen LogP contribution < -0.4 is 10.6 Å². The smallest absolute Gasteiger partial charge is 0.411 e. The minimum Gasteiger partial charge on any atom is -0.453 e. The topological polar surface area (TPSA) is 50.4 Å². The molecule has 0 saturated carbocycles. The van der Waals surface area contributed by atoms with Crippen LogP contribution >= 0.6 is 34.5 Å². The Morgan fingerprint density at radius 1 is 1.29 bits per heavy atom. The quantitative estimate of drug-likeness (QED) is 0.779. The van der Waals surface area contributed by atoms with Crippen LogP contribution in [0.15, 0.2) is 30.3 Å². The maximum Gasteiger partial charge on any atom is 0.411 e. The first-order chi connectivity index (χ1) is 9.99. The summed E-state index contributed by atoms with van der Waals surface area (Å²) in [6.07, 6.45) is -0.507. The predicted octanol–water partition coefficient (Wildman–Crippen LogP) is 5.41. The van der Waals surface area contributed by atoms with Crippen molar-refractivity contribution in [2.24, 2.45) is 0 Å². The standard InChI is InChI=1S/C14H14Cl2N2O2S/c1-8(11-7-12(15)21-13(11)16)17-9-4-3-5-10(6-9)18-14(19)20-2/h3-8,17H,1-2H3,(H,18,19). The number of anilines is 2. The maximum absolute atomic E-state index is 11.2. The molecule has 0 saturated heterocycles. The zero-order chi connectivity index (χ0) is 15.4. The zero-order valence-corrected chi connectivity index (χ0v) is 13.8. The van der Waals surface area contributed by atoms with Gasteiger partial charge in [0.05, 0.1) is 21.8 Å². The molecule has 0 spiro atoms. The molecule has 2 N–H and O–H groups in total. The van der Waals surface area contributed by atoms with Gasteiger partial charge in [0, 0.05) is 16.9 Å². The summed E-state index contributed by atoms with van der Waals surface area (Å²) in [6, 6.07) is 9.18. The Morgan fingerprint density at radius 2 is 2.00 bits per heavy atom. The van der Waals surface area contributed by atoms with E-state index in [0.717, 1.165) is 11.3 Å². The number of benzene rings is 1. The third-order valence-electron chi connectivity index (χ3n) is 2.83. The van der Waals surface area contributed by atoms with E-state index < -0.39 is 6.09 Å². The van der Waals surface area contributed by atoms with Crippen molar-refractivity contribution < 1.29 is 9.53 Å². The molecule has 0 aliphatic rings. The molecule has 1 aromatic carbocycles. The summed E-state index contributed by atoms with van der Waals surface area (Å²) in [5.41, 5.74) is 2.45. The molecule has 1 heterocycles. The highest BCUT2D eigenvalue weighted by Crippen LogP contribution is 2.36. The fraction of sp³-hybridized carbons (Fsp3) is 0.214. The van der Waals surface area contributed by atoms with Gasteiger partial charge in [-0.15, -0.1) is 11.3 Å². The lowest BCUT2D eigenvalue weighted by molar-refractivity contribution is 0.187. The molecule has 0 bridgehead atoms. The van der Waals surface area contributed by atoms with Crippen molar-refractivity contribution in [1.82, 2.24) is 0 Å². The van der Waals surface area contributed by atoms with Crippen molar-refractivity contribution in [3.8, 4) is 0 Å². The molecule has 21 heavy (non-hydrogen) atoms. The lowest BCUT2D eigenvalue weighted by Crippen LogP contribution is -2.11. The number of methoxy groups -OCH3 is 1. The fourth-order valence-corrected chi connectivity index (χ4v) is 3.48. The van der Waals surface area contributed by atoms with Crippen LogP contribution in [0.1, 0.15) is 18.5 Å². The van der Waals surface area contributed by atoms with Gasteiger partial charge in [0.2, 0.25) is 0 Å². The minimum atomic E-state index is -0.507. The molecule has 7 heteroatoms. The summed E-state index contributed by atoms with van der Waals surface area (Å²) in [4.78, 5) is 11.2. The SMILES string of the molecule is COC(=O)Nc1cccc(NC(C)c2cc(Cl)sc2Cl)c1. The van der Waals surface area contributed by atoms with Crippen LogP contribution in [0, 0.1) is 0 Å². The first kappa shape index (κ1) is 15.9. The molecule has 1 aromatic heterocycles. The molecule has 1 unspecified atom stereocenters. The number of ether oxygens (including phenoxy) is 1. The number of amides is 1. The number of hydrogen-bond donors (Lipinski definition) is 2. The van der Waals surface area contributed by atoms with Crippen LogP contribution in [-0.4, -0.2) is 13.2 Å². The first-order valence-electron chi connectivity index (χ1n) is 6.16. The van der Waals surface area contributed by atoms with E-state index in [1.807, 2.05) is 31.2 Å². The van der Waals surface area contributed by atoms with Crippen LogP contribution in [0.5, 0.6) is 0 Å². The Kier molecular flexibility index (Phi) is 5.33. The number of carbonyl (C=O) groups excluding carboxylic acids is 1. The van der Waals surface area contributed by atoms with Gasteiger partial charge in [0.15, 0.2) is 0 Å². The lowest BCUT2D eigenvalue weighted by Gasteiger charge is -2.15. The average Bonchev–Trinajstić information content (AvgIpc) is 2.78. The van der Waals surface area contributed by atoms with Crippen LogP contribution in [0.3, 0.4) is 0 Å². The number of halogens is 2. The average molecular weight is 345 g/mol. The van der Waals surface area contributed by atoms with Crippen LogP contribution in [0.4, 0.5) is 16.2 Å². The molecule has 0 fully saturated rings. The van der Waals surface area contributed by atoms with Crippen LogP contribution in [0.2, 0.25) is 8.67 Å². The van der Waals surface area contributed by atoms with Gasteiger partial charge < -0.3 is 10.1 Å². The van der Waals surface area contributed by atoms with Gasteiger partial charge >= 0.3 is 6.09 Å². The van der Waals surface area contributed by atoms with Gasteiger partial charge in [-0.2, -0.15) is 0 Å². The van der Waals surface area contributed by atoms with Crippen molar-refractivity contribution in [3.05, 3.63) is 44.6 Å². The monoisotopic (exact) mass is 344 g/mol. The summed E-state index contributed by atoms with van der Waals surface area (Å²) in [7, 11) is 1.32. The number of carbonyl (C=O) groups is 1. The van der Waals surface area contributed by atoms with Crippen molar-refractivity contribution >= 4 is 52.0 Å². The Morgan fingerprint density at radius 3 is 2.62 bits per heavy atom. The number of rotatable bonds is 4. The van der Waals surface area contributed by atoms with Gasteiger partial charge in [-0.1, -0.05) is 29.3 Å². The van der Waals surface area contributed by atoms with E-state index in [1.165, 1.54) is 18.4 Å². The van der Waals surface area contributed by atoms with E-state index in [0.29, 0.717) is 14.4 Å². The second kappa shape index (κ2) is 7.02. The molecule has 112 valence electrons. The predicted molar refractivity (Wildman–Crippen MR) is 88.8 cm³/mol. The second-order valence-corrected chi connectivity index (χ2v) is 6.63. The second-order valence-electron chi connectivity index (χ2n) is 4.34. The normalized spacial score (nSPS) is 11.8. The fourth-order valence-electron chi connectivity index (χ4n) is 1.83. The van der Waals surface area contributed by atoms with E-state index in [4.69, 9.17) is 23.2 Å². The zero-order valence-electron chi connectivity index (χ0n) is 11.4. The van der Waals surface area contributed by atoms with E-state index in [1.54, 1.807) is 6.07 Å². The maximum atomic E-state index is 11.2. The van der Waals surface area contributed by atoms with Crippen LogP contribution in [-0.2, 0) is 4.74 Å². The van der Waals surface area contributed by atoms with Gasteiger partial charge in [-0.3, -0.25) is 5.32 Å². The lowest BCUT2D eigenvalue weighted by atomic mass is 10.1.